The Hall–Kier alpha value is -1.62. The predicted octanol–water partition coefficient (Wildman–Crippen LogP) is 3.64. The number of aromatic nitrogens is 1. The highest BCUT2D eigenvalue weighted by atomic mass is 16.6. The molecule has 128 valence electrons. The van der Waals surface area contributed by atoms with Crippen LogP contribution in [-0.4, -0.2) is 22.2 Å². The zero-order valence-electron chi connectivity index (χ0n) is 14.8. The van der Waals surface area contributed by atoms with Crippen molar-refractivity contribution < 1.29 is 14.3 Å². The van der Waals surface area contributed by atoms with E-state index in [-0.39, 0.29) is 23.6 Å². The molecule has 0 saturated carbocycles. The fraction of sp³-hybridized carbons (Fsp3) is 0.667. The summed E-state index contributed by atoms with van der Waals surface area (Å²) in [5.41, 5.74) is 6.86. The highest BCUT2D eigenvalue weighted by Gasteiger charge is 2.37. The molecular formula is C18H28N2O3. The Labute approximate surface area is 138 Å². The number of nitrogens with two attached hydrogens (primary N) is 1. The Morgan fingerprint density at radius 1 is 1.48 bits per heavy atom. The number of ether oxygens (including phenoxy) is 2. The Kier molecular flexibility index (Phi) is 4.99. The van der Waals surface area contributed by atoms with Crippen molar-refractivity contribution in [1.29, 1.82) is 0 Å². The largest absolute Gasteiger partial charge is 0.460 e. The van der Waals surface area contributed by atoms with Crippen molar-refractivity contribution in [2.24, 2.45) is 5.92 Å². The molecule has 2 heterocycles. The van der Waals surface area contributed by atoms with Gasteiger partial charge >= 0.3 is 5.97 Å². The Morgan fingerprint density at radius 2 is 2.17 bits per heavy atom. The monoisotopic (exact) mass is 320 g/mol. The number of esters is 1. The van der Waals surface area contributed by atoms with E-state index >= 15 is 0 Å². The standard InChI is InChI=1S/C18H28N2O3/c1-17(2,3)23-16(21)9-12-8-15(22-18(4,5)10-12)13-6-7-20-11-14(13)19/h6-7,11-12,15H,8-10,19H2,1-5H3/t12-,15-/m1/s1. The lowest BCUT2D eigenvalue weighted by Gasteiger charge is -2.41. The van der Waals surface area contributed by atoms with Gasteiger partial charge in [-0.05, 0) is 59.4 Å². The third-order valence-corrected chi connectivity index (χ3v) is 3.90. The fourth-order valence-electron chi connectivity index (χ4n) is 3.24. The molecule has 5 heteroatoms. The third-order valence-electron chi connectivity index (χ3n) is 3.90. The highest BCUT2D eigenvalue weighted by Crippen LogP contribution is 2.42. The van der Waals surface area contributed by atoms with Crippen molar-refractivity contribution >= 4 is 11.7 Å². The van der Waals surface area contributed by atoms with Crippen molar-refractivity contribution in [1.82, 2.24) is 4.98 Å². The molecule has 23 heavy (non-hydrogen) atoms. The van der Waals surface area contributed by atoms with Crippen LogP contribution in [0, 0.1) is 5.92 Å². The third kappa shape index (κ3) is 5.20. The van der Waals surface area contributed by atoms with Crippen molar-refractivity contribution in [3.05, 3.63) is 24.0 Å². The van der Waals surface area contributed by atoms with E-state index in [4.69, 9.17) is 15.2 Å². The van der Waals surface area contributed by atoms with Crippen molar-refractivity contribution in [3.63, 3.8) is 0 Å². The van der Waals surface area contributed by atoms with E-state index in [0.29, 0.717) is 12.1 Å². The van der Waals surface area contributed by atoms with Crippen LogP contribution in [-0.2, 0) is 14.3 Å². The first kappa shape index (κ1) is 17.7. The lowest BCUT2D eigenvalue weighted by molar-refractivity contribution is -0.161. The molecule has 0 bridgehead atoms. The van der Waals surface area contributed by atoms with Gasteiger partial charge in [-0.3, -0.25) is 9.78 Å². The molecule has 2 N–H and O–H groups in total. The second kappa shape index (κ2) is 6.48. The topological polar surface area (TPSA) is 74.4 Å². The van der Waals surface area contributed by atoms with Crippen LogP contribution in [0.15, 0.2) is 18.5 Å². The maximum atomic E-state index is 12.2. The molecule has 0 radical (unpaired) electrons. The van der Waals surface area contributed by atoms with Crippen LogP contribution in [0.1, 0.15) is 65.5 Å². The molecule has 1 aromatic rings. The van der Waals surface area contributed by atoms with Gasteiger partial charge in [0.15, 0.2) is 0 Å². The van der Waals surface area contributed by atoms with E-state index < -0.39 is 5.60 Å². The molecule has 0 aromatic carbocycles. The number of nitrogens with zero attached hydrogens (tertiary/aromatic N) is 1. The van der Waals surface area contributed by atoms with Gasteiger partial charge < -0.3 is 15.2 Å². The average Bonchev–Trinajstić information content (AvgIpc) is 2.34. The van der Waals surface area contributed by atoms with Gasteiger partial charge in [-0.25, -0.2) is 0 Å². The van der Waals surface area contributed by atoms with Crippen LogP contribution < -0.4 is 5.73 Å². The van der Waals surface area contributed by atoms with E-state index in [0.717, 1.165) is 18.4 Å². The molecule has 1 aliphatic rings. The predicted molar refractivity (Wildman–Crippen MR) is 89.7 cm³/mol. The highest BCUT2D eigenvalue weighted by molar-refractivity contribution is 5.70. The number of carbonyl (C=O) groups excluding carboxylic acids is 1. The molecule has 0 spiro atoms. The van der Waals surface area contributed by atoms with Gasteiger partial charge in [0.2, 0.25) is 0 Å². The average molecular weight is 320 g/mol. The van der Waals surface area contributed by atoms with Gasteiger partial charge in [0.25, 0.3) is 0 Å². The van der Waals surface area contributed by atoms with Crippen molar-refractivity contribution in [2.75, 3.05) is 5.73 Å². The van der Waals surface area contributed by atoms with Gasteiger partial charge in [-0.2, -0.15) is 0 Å². The summed E-state index contributed by atoms with van der Waals surface area (Å²) in [4.78, 5) is 16.2. The number of nitrogen functional groups attached to an aromatic ring is 1. The molecule has 2 rings (SSSR count). The molecule has 1 fully saturated rings. The van der Waals surface area contributed by atoms with Gasteiger partial charge in [0, 0.05) is 18.2 Å². The normalized spacial score (nSPS) is 24.2. The second-order valence-corrected chi connectivity index (χ2v) is 7.97. The summed E-state index contributed by atoms with van der Waals surface area (Å²) in [5.74, 6) is 0.0628. The zero-order valence-corrected chi connectivity index (χ0v) is 14.8. The van der Waals surface area contributed by atoms with E-state index in [2.05, 4.69) is 18.8 Å². The van der Waals surface area contributed by atoms with Crippen LogP contribution in [0.4, 0.5) is 5.69 Å². The van der Waals surface area contributed by atoms with Gasteiger partial charge in [0.05, 0.1) is 23.6 Å². The molecule has 0 unspecified atom stereocenters. The van der Waals surface area contributed by atoms with Gasteiger partial charge in [-0.1, -0.05) is 0 Å². The summed E-state index contributed by atoms with van der Waals surface area (Å²) >= 11 is 0. The smallest absolute Gasteiger partial charge is 0.306 e. The van der Waals surface area contributed by atoms with Crippen molar-refractivity contribution in [2.45, 2.75) is 71.2 Å². The first-order valence-corrected chi connectivity index (χ1v) is 8.15. The quantitative estimate of drug-likeness (QED) is 0.861. The molecule has 0 amide bonds. The Balaban J connectivity index is 2.10. The van der Waals surface area contributed by atoms with Crippen LogP contribution >= 0.6 is 0 Å². The Morgan fingerprint density at radius 3 is 2.78 bits per heavy atom. The maximum absolute atomic E-state index is 12.2. The number of rotatable bonds is 3. The molecule has 5 nitrogen and oxygen atoms in total. The lowest BCUT2D eigenvalue weighted by Crippen LogP contribution is -2.37. The minimum atomic E-state index is -0.452. The van der Waals surface area contributed by atoms with Crippen LogP contribution in [0.2, 0.25) is 0 Å². The van der Waals surface area contributed by atoms with E-state index in [9.17, 15) is 4.79 Å². The zero-order chi connectivity index (χ0) is 17.3. The van der Waals surface area contributed by atoms with Gasteiger partial charge in [-0.15, -0.1) is 0 Å². The first-order chi connectivity index (χ1) is 10.6. The SMILES string of the molecule is CC(C)(C)OC(=O)C[C@H]1C[C@H](c2ccncc2N)OC(C)(C)C1. The summed E-state index contributed by atoms with van der Waals surface area (Å²) < 4.78 is 11.7. The van der Waals surface area contributed by atoms with Crippen LogP contribution in [0.25, 0.3) is 0 Å². The van der Waals surface area contributed by atoms with Crippen molar-refractivity contribution in [3.8, 4) is 0 Å². The maximum Gasteiger partial charge on any atom is 0.306 e. The molecular weight excluding hydrogens is 292 g/mol. The summed E-state index contributed by atoms with van der Waals surface area (Å²) in [6.45, 7) is 9.77. The fourth-order valence-corrected chi connectivity index (χ4v) is 3.24. The molecule has 2 atom stereocenters. The van der Waals surface area contributed by atoms with E-state index in [1.54, 1.807) is 12.4 Å². The summed E-state index contributed by atoms with van der Waals surface area (Å²) in [6, 6.07) is 1.89. The van der Waals surface area contributed by atoms with Gasteiger partial charge in [0.1, 0.15) is 5.60 Å². The number of anilines is 1. The molecule has 1 aliphatic heterocycles. The second-order valence-electron chi connectivity index (χ2n) is 7.97. The van der Waals surface area contributed by atoms with E-state index in [1.165, 1.54) is 0 Å². The summed E-state index contributed by atoms with van der Waals surface area (Å²) in [7, 11) is 0. The van der Waals surface area contributed by atoms with Crippen LogP contribution in [0.3, 0.4) is 0 Å². The molecule has 0 aliphatic carbocycles. The number of hydrogen-bond acceptors (Lipinski definition) is 5. The summed E-state index contributed by atoms with van der Waals surface area (Å²) in [5, 5.41) is 0. The molecule has 1 aromatic heterocycles. The lowest BCUT2D eigenvalue weighted by atomic mass is 9.82. The minimum Gasteiger partial charge on any atom is -0.460 e. The number of carbonyl (C=O) groups is 1. The van der Waals surface area contributed by atoms with Crippen LogP contribution in [0.5, 0.6) is 0 Å². The molecule has 1 saturated heterocycles. The minimum absolute atomic E-state index is 0.116. The van der Waals surface area contributed by atoms with E-state index in [1.807, 2.05) is 26.8 Å². The number of hydrogen-bond donors (Lipinski definition) is 1. The number of pyridine rings is 1. The first-order valence-electron chi connectivity index (χ1n) is 8.15. The Bertz CT molecular complexity index is 564. The summed E-state index contributed by atoms with van der Waals surface area (Å²) in [6.07, 6.45) is 5.24.